The van der Waals surface area contributed by atoms with Crippen LogP contribution in [0.15, 0.2) is 5.10 Å². The number of rotatable bonds is 1. The molecule has 0 aromatic carbocycles. The van der Waals surface area contributed by atoms with Crippen molar-refractivity contribution >= 4 is 6.34 Å². The first-order valence-electron chi connectivity index (χ1n) is 4.00. The Morgan fingerprint density at radius 3 is 2.82 bits per heavy atom. The number of hydrazone groups is 1. The second kappa shape index (κ2) is 1.86. The second-order valence-electron chi connectivity index (χ2n) is 3.35. The van der Waals surface area contributed by atoms with E-state index in [0.717, 1.165) is 11.8 Å². The van der Waals surface area contributed by atoms with E-state index in [1.165, 1.54) is 13.1 Å². The SMILES string of the molecule is C1=NNNN1C1C2CNCC21. The summed E-state index contributed by atoms with van der Waals surface area (Å²) in [5.74, 6) is 1.68. The highest BCUT2D eigenvalue weighted by Gasteiger charge is 2.56. The smallest absolute Gasteiger partial charge is 0.128 e. The Kier molecular flexibility index (Phi) is 0.981. The molecule has 2 fully saturated rings. The molecule has 2 unspecified atom stereocenters. The molecule has 3 N–H and O–H groups in total. The van der Waals surface area contributed by atoms with Gasteiger partial charge >= 0.3 is 0 Å². The molecule has 3 rings (SSSR count). The van der Waals surface area contributed by atoms with Crippen molar-refractivity contribution in [3.05, 3.63) is 0 Å². The Hall–Kier alpha value is -0.810. The van der Waals surface area contributed by atoms with Crippen LogP contribution in [0.5, 0.6) is 0 Å². The molecule has 2 heterocycles. The molecule has 11 heavy (non-hydrogen) atoms. The molecule has 0 amide bonds. The Morgan fingerprint density at radius 2 is 2.18 bits per heavy atom. The lowest BCUT2D eigenvalue weighted by Gasteiger charge is -2.15. The van der Waals surface area contributed by atoms with E-state index in [9.17, 15) is 0 Å². The number of fused-ring (bicyclic) bond motifs is 1. The summed E-state index contributed by atoms with van der Waals surface area (Å²) in [4.78, 5) is 0. The first-order chi connectivity index (χ1) is 5.47. The van der Waals surface area contributed by atoms with E-state index in [4.69, 9.17) is 0 Å². The van der Waals surface area contributed by atoms with Gasteiger partial charge in [0.2, 0.25) is 0 Å². The molecule has 5 nitrogen and oxygen atoms in total. The first kappa shape index (κ1) is 5.79. The van der Waals surface area contributed by atoms with Crippen LogP contribution in [-0.2, 0) is 0 Å². The zero-order valence-corrected chi connectivity index (χ0v) is 6.12. The number of nitrogens with one attached hydrogen (secondary N) is 3. The minimum absolute atomic E-state index is 0.676. The third-order valence-corrected chi connectivity index (χ3v) is 2.79. The summed E-state index contributed by atoms with van der Waals surface area (Å²) in [6.07, 6.45) is 1.82. The number of hydrazine groups is 2. The van der Waals surface area contributed by atoms with Crippen molar-refractivity contribution in [2.75, 3.05) is 13.1 Å². The van der Waals surface area contributed by atoms with E-state index in [0.29, 0.717) is 6.04 Å². The highest BCUT2D eigenvalue weighted by Crippen LogP contribution is 2.44. The summed E-state index contributed by atoms with van der Waals surface area (Å²) in [6.45, 7) is 2.34. The van der Waals surface area contributed by atoms with Crippen LogP contribution in [-0.4, -0.2) is 30.5 Å². The van der Waals surface area contributed by atoms with Gasteiger partial charge in [-0.15, -0.1) is 5.53 Å². The van der Waals surface area contributed by atoms with Gasteiger partial charge in [0.05, 0.1) is 6.04 Å². The molecule has 1 aliphatic carbocycles. The van der Waals surface area contributed by atoms with Gasteiger partial charge in [-0.3, -0.25) is 5.01 Å². The van der Waals surface area contributed by atoms with E-state index in [1.807, 2.05) is 6.34 Å². The van der Waals surface area contributed by atoms with Gasteiger partial charge in [-0.25, -0.2) is 5.53 Å². The van der Waals surface area contributed by atoms with E-state index in [1.54, 1.807) is 0 Å². The highest BCUT2D eigenvalue weighted by atomic mass is 15.8. The second-order valence-corrected chi connectivity index (χ2v) is 3.35. The van der Waals surface area contributed by atoms with Gasteiger partial charge < -0.3 is 5.32 Å². The van der Waals surface area contributed by atoms with Crippen LogP contribution in [0.25, 0.3) is 0 Å². The Morgan fingerprint density at radius 1 is 1.36 bits per heavy atom. The molecular weight excluding hydrogens is 142 g/mol. The van der Waals surface area contributed by atoms with Crippen molar-refractivity contribution in [2.45, 2.75) is 6.04 Å². The molecule has 1 saturated heterocycles. The van der Waals surface area contributed by atoms with Gasteiger partial charge in [0.25, 0.3) is 0 Å². The van der Waals surface area contributed by atoms with Crippen molar-refractivity contribution < 1.29 is 0 Å². The Bertz CT molecular complexity index is 193. The molecule has 2 aliphatic heterocycles. The summed E-state index contributed by atoms with van der Waals surface area (Å²) in [5, 5.41) is 9.29. The Labute approximate surface area is 64.8 Å². The average Bonchev–Trinajstić information content (AvgIpc) is 2.57. The van der Waals surface area contributed by atoms with Crippen molar-refractivity contribution in [3.63, 3.8) is 0 Å². The molecule has 3 aliphatic rings. The van der Waals surface area contributed by atoms with E-state index >= 15 is 0 Å². The quantitative estimate of drug-likeness (QED) is 0.428. The molecular formula is C6H11N5. The maximum absolute atomic E-state index is 3.87. The van der Waals surface area contributed by atoms with Crippen LogP contribution in [0.3, 0.4) is 0 Å². The molecule has 0 radical (unpaired) electrons. The van der Waals surface area contributed by atoms with E-state index in [2.05, 4.69) is 26.5 Å². The van der Waals surface area contributed by atoms with Crippen molar-refractivity contribution in [1.29, 1.82) is 0 Å². The topological polar surface area (TPSA) is 51.7 Å². The number of hydrogen-bond acceptors (Lipinski definition) is 5. The standard InChI is InChI=1S/C6H11N5/c1-4-5(2-7-1)6(4)11-3-8-9-10-11/h3-7,9-10H,1-2H2. The van der Waals surface area contributed by atoms with E-state index in [-0.39, 0.29) is 0 Å². The minimum Gasteiger partial charge on any atom is -0.316 e. The molecule has 5 heteroatoms. The normalized spacial score (nSPS) is 45.8. The molecule has 0 aromatic rings. The fourth-order valence-corrected chi connectivity index (χ4v) is 2.16. The van der Waals surface area contributed by atoms with Crippen LogP contribution in [0.1, 0.15) is 0 Å². The van der Waals surface area contributed by atoms with Gasteiger partial charge in [0.1, 0.15) is 6.34 Å². The van der Waals surface area contributed by atoms with E-state index < -0.39 is 0 Å². The zero-order chi connectivity index (χ0) is 7.26. The summed E-state index contributed by atoms with van der Waals surface area (Å²) in [7, 11) is 0. The van der Waals surface area contributed by atoms with Gasteiger partial charge in [0.15, 0.2) is 0 Å². The largest absolute Gasteiger partial charge is 0.316 e. The predicted octanol–water partition coefficient (Wildman–Crippen LogP) is -1.53. The third kappa shape index (κ3) is 0.693. The zero-order valence-electron chi connectivity index (χ0n) is 6.12. The van der Waals surface area contributed by atoms with Crippen LogP contribution in [0, 0.1) is 11.8 Å². The molecule has 1 saturated carbocycles. The highest BCUT2D eigenvalue weighted by molar-refractivity contribution is 5.56. The van der Waals surface area contributed by atoms with Crippen molar-refractivity contribution in [3.8, 4) is 0 Å². The van der Waals surface area contributed by atoms with Gasteiger partial charge in [-0.2, -0.15) is 5.10 Å². The predicted molar refractivity (Wildman–Crippen MR) is 40.2 cm³/mol. The minimum atomic E-state index is 0.676. The van der Waals surface area contributed by atoms with Gasteiger partial charge in [-0.05, 0) is 11.8 Å². The Balaban J connectivity index is 1.69. The first-order valence-corrected chi connectivity index (χ1v) is 4.00. The lowest BCUT2D eigenvalue weighted by molar-refractivity contribution is 0.265. The molecule has 2 atom stereocenters. The van der Waals surface area contributed by atoms with Gasteiger partial charge in [0, 0.05) is 13.1 Å². The van der Waals surface area contributed by atoms with Crippen LogP contribution >= 0.6 is 0 Å². The summed E-state index contributed by atoms with van der Waals surface area (Å²) in [5.41, 5.74) is 5.69. The lowest BCUT2D eigenvalue weighted by Crippen LogP contribution is -2.42. The summed E-state index contributed by atoms with van der Waals surface area (Å²) >= 11 is 0. The molecule has 0 spiro atoms. The molecule has 0 bridgehead atoms. The maximum Gasteiger partial charge on any atom is 0.128 e. The van der Waals surface area contributed by atoms with Crippen LogP contribution in [0.2, 0.25) is 0 Å². The molecule has 0 aromatic heterocycles. The number of hydrogen-bond donors (Lipinski definition) is 3. The maximum atomic E-state index is 3.87. The fourth-order valence-electron chi connectivity index (χ4n) is 2.16. The average molecular weight is 153 g/mol. The summed E-state index contributed by atoms with van der Waals surface area (Å²) in [6, 6.07) is 0.676. The van der Waals surface area contributed by atoms with Crippen LogP contribution < -0.4 is 16.4 Å². The summed E-state index contributed by atoms with van der Waals surface area (Å²) < 4.78 is 0. The van der Waals surface area contributed by atoms with Crippen LogP contribution in [0.4, 0.5) is 0 Å². The van der Waals surface area contributed by atoms with Gasteiger partial charge in [-0.1, -0.05) is 0 Å². The van der Waals surface area contributed by atoms with Crippen molar-refractivity contribution in [2.24, 2.45) is 16.9 Å². The fraction of sp³-hybridized carbons (Fsp3) is 0.833. The number of piperidine rings is 1. The number of nitrogens with zero attached hydrogens (tertiary/aromatic N) is 2. The monoisotopic (exact) mass is 153 g/mol. The van der Waals surface area contributed by atoms with Crippen molar-refractivity contribution in [1.82, 2.24) is 21.4 Å². The lowest BCUT2D eigenvalue weighted by atomic mass is 10.4. The third-order valence-electron chi connectivity index (χ3n) is 2.79. The molecule has 60 valence electrons.